The van der Waals surface area contributed by atoms with Gasteiger partial charge >= 0.3 is 0 Å². The molecule has 12 nitrogen and oxygen atoms in total. The Bertz CT molecular complexity index is 1880. The smallest absolute Gasteiger partial charge is 0.274 e. The second kappa shape index (κ2) is 16.1. The summed E-state index contributed by atoms with van der Waals surface area (Å²) in [6.45, 7) is 3.64. The first-order valence-corrected chi connectivity index (χ1v) is 17.2. The first-order chi connectivity index (χ1) is 24.3. The average Bonchev–Trinajstić information content (AvgIpc) is 3.77. The molecule has 3 aromatic heterocycles. The molecule has 0 spiro atoms. The Labute approximate surface area is 300 Å². The molecule has 2 aliphatic rings. The van der Waals surface area contributed by atoms with Crippen LogP contribution in [0.2, 0.25) is 10.0 Å². The SMILES string of the molecule is COc1cc(C(=O)Nc2cccc(-c3nccc(-c4ccc(CNC[C@H]5CCC(=O)N5)c(OC)n4)c3Cl)c2Cl)ncc1CN1CC[C@@H](CO)C1. The van der Waals surface area contributed by atoms with Gasteiger partial charge in [-0.15, -0.1) is 0 Å². The molecule has 0 radical (unpaired) electrons. The highest BCUT2D eigenvalue weighted by atomic mass is 35.5. The molecule has 0 bridgehead atoms. The number of anilines is 1. The second-order valence-electron chi connectivity index (χ2n) is 12.4. The van der Waals surface area contributed by atoms with E-state index in [2.05, 4.69) is 30.8 Å². The van der Waals surface area contributed by atoms with Crippen molar-refractivity contribution < 1.29 is 24.2 Å². The van der Waals surface area contributed by atoms with E-state index in [1.165, 1.54) is 0 Å². The number of hydrogen-bond acceptors (Lipinski definition) is 10. The summed E-state index contributed by atoms with van der Waals surface area (Å²) in [7, 11) is 3.12. The monoisotopic (exact) mass is 719 g/mol. The van der Waals surface area contributed by atoms with Crippen LogP contribution in [0.1, 0.15) is 40.9 Å². The topological polar surface area (TPSA) is 151 Å². The molecule has 2 atom stereocenters. The molecular weight excluding hydrogens is 681 g/mol. The Hall–Kier alpha value is -4.33. The molecule has 14 heteroatoms. The summed E-state index contributed by atoms with van der Waals surface area (Å²) in [4.78, 5) is 40.7. The van der Waals surface area contributed by atoms with Crippen LogP contribution in [0.15, 0.2) is 54.9 Å². The molecular formula is C36H39Cl2N7O5. The van der Waals surface area contributed by atoms with E-state index in [1.54, 1.807) is 56.9 Å². The van der Waals surface area contributed by atoms with Crippen molar-refractivity contribution in [2.24, 2.45) is 5.92 Å². The number of aliphatic hydroxyl groups is 1. The van der Waals surface area contributed by atoms with Crippen LogP contribution in [0.4, 0.5) is 5.69 Å². The Kier molecular flexibility index (Phi) is 11.5. The molecule has 4 N–H and O–H groups in total. The highest BCUT2D eigenvalue weighted by molar-refractivity contribution is 6.39. The van der Waals surface area contributed by atoms with E-state index >= 15 is 0 Å². The lowest BCUT2D eigenvalue weighted by molar-refractivity contribution is -0.119. The number of nitrogens with zero attached hydrogens (tertiary/aromatic N) is 4. The fraction of sp³-hybridized carbons (Fsp3) is 0.361. The molecule has 2 fully saturated rings. The van der Waals surface area contributed by atoms with Crippen molar-refractivity contribution in [1.29, 1.82) is 0 Å². The highest BCUT2D eigenvalue weighted by Crippen LogP contribution is 2.40. The van der Waals surface area contributed by atoms with E-state index in [0.717, 1.165) is 37.1 Å². The molecule has 4 aromatic rings. The quantitative estimate of drug-likeness (QED) is 0.149. The Balaban J connectivity index is 1.17. The van der Waals surface area contributed by atoms with Crippen molar-refractivity contribution in [3.8, 4) is 34.1 Å². The zero-order chi connectivity index (χ0) is 35.2. The number of carbonyl (C=O) groups excluding carboxylic acids is 2. The van der Waals surface area contributed by atoms with Crippen molar-refractivity contribution in [1.82, 2.24) is 30.5 Å². The number of hydrogen-bond donors (Lipinski definition) is 4. The van der Waals surface area contributed by atoms with E-state index in [-0.39, 0.29) is 35.2 Å². The minimum atomic E-state index is -0.456. The normalized spacial score (nSPS) is 17.5. The maximum atomic E-state index is 13.4. The number of rotatable bonds is 13. The number of likely N-dealkylation sites (tertiary alicyclic amines) is 1. The van der Waals surface area contributed by atoms with E-state index in [1.807, 2.05) is 12.1 Å². The third-order valence-corrected chi connectivity index (χ3v) is 9.80. The lowest BCUT2D eigenvalue weighted by Gasteiger charge is -2.18. The molecule has 2 aliphatic heterocycles. The number of halogens is 2. The van der Waals surface area contributed by atoms with Gasteiger partial charge in [0.05, 0.1) is 41.3 Å². The van der Waals surface area contributed by atoms with Gasteiger partial charge in [0, 0.05) is 86.0 Å². The molecule has 2 amide bonds. The largest absolute Gasteiger partial charge is 0.496 e. The molecule has 2 saturated heterocycles. The van der Waals surface area contributed by atoms with Crippen LogP contribution < -0.4 is 25.4 Å². The average molecular weight is 721 g/mol. The number of pyridine rings is 3. The van der Waals surface area contributed by atoms with Crippen molar-refractivity contribution in [3.05, 3.63) is 81.7 Å². The minimum absolute atomic E-state index is 0.0819. The van der Waals surface area contributed by atoms with Gasteiger partial charge in [0.15, 0.2) is 0 Å². The zero-order valence-corrected chi connectivity index (χ0v) is 29.4. The van der Waals surface area contributed by atoms with Crippen LogP contribution >= 0.6 is 23.2 Å². The van der Waals surface area contributed by atoms with Gasteiger partial charge in [-0.2, -0.15) is 0 Å². The number of benzene rings is 1. The van der Waals surface area contributed by atoms with Crippen molar-refractivity contribution in [2.75, 3.05) is 45.8 Å². The number of nitrogens with one attached hydrogen (secondary N) is 3. The number of aliphatic hydroxyl groups excluding tert-OH is 1. The lowest BCUT2D eigenvalue weighted by Crippen LogP contribution is -2.35. The molecule has 50 heavy (non-hydrogen) atoms. The van der Waals surface area contributed by atoms with E-state index in [0.29, 0.717) is 70.9 Å². The van der Waals surface area contributed by atoms with Crippen LogP contribution in [0, 0.1) is 5.92 Å². The molecule has 0 saturated carbocycles. The summed E-state index contributed by atoms with van der Waals surface area (Å²) in [6.07, 6.45) is 5.59. The highest BCUT2D eigenvalue weighted by Gasteiger charge is 2.24. The van der Waals surface area contributed by atoms with Gasteiger partial charge in [0.1, 0.15) is 11.4 Å². The Morgan fingerprint density at radius 2 is 1.92 bits per heavy atom. The van der Waals surface area contributed by atoms with Gasteiger partial charge in [-0.1, -0.05) is 41.4 Å². The number of aromatic nitrogens is 3. The van der Waals surface area contributed by atoms with Crippen LogP contribution in [-0.2, 0) is 17.9 Å². The summed E-state index contributed by atoms with van der Waals surface area (Å²) in [5.74, 6) is 0.901. The van der Waals surface area contributed by atoms with Crippen LogP contribution in [0.25, 0.3) is 22.5 Å². The minimum Gasteiger partial charge on any atom is -0.496 e. The maximum absolute atomic E-state index is 13.4. The summed E-state index contributed by atoms with van der Waals surface area (Å²) in [5.41, 5.74) is 4.42. The summed E-state index contributed by atoms with van der Waals surface area (Å²) < 4.78 is 11.2. The predicted octanol–water partition coefficient (Wildman–Crippen LogP) is 4.96. The number of amides is 2. The predicted molar refractivity (Wildman–Crippen MR) is 192 cm³/mol. The molecule has 262 valence electrons. The van der Waals surface area contributed by atoms with Crippen molar-refractivity contribution in [2.45, 2.75) is 38.4 Å². The Morgan fingerprint density at radius 1 is 1.06 bits per heavy atom. The number of ether oxygens (including phenoxy) is 2. The maximum Gasteiger partial charge on any atom is 0.274 e. The second-order valence-corrected chi connectivity index (χ2v) is 13.2. The Morgan fingerprint density at radius 3 is 2.66 bits per heavy atom. The van der Waals surface area contributed by atoms with Crippen LogP contribution in [0.3, 0.4) is 0 Å². The first-order valence-electron chi connectivity index (χ1n) is 16.4. The van der Waals surface area contributed by atoms with Gasteiger partial charge in [0.25, 0.3) is 5.91 Å². The third kappa shape index (κ3) is 8.00. The third-order valence-electron chi connectivity index (χ3n) is 9.01. The fourth-order valence-electron chi connectivity index (χ4n) is 6.31. The van der Waals surface area contributed by atoms with E-state index < -0.39 is 5.91 Å². The van der Waals surface area contributed by atoms with Crippen LogP contribution in [0.5, 0.6) is 11.6 Å². The molecule has 0 unspecified atom stereocenters. The molecule has 0 aliphatic carbocycles. The first kappa shape index (κ1) is 35.5. The zero-order valence-electron chi connectivity index (χ0n) is 27.8. The van der Waals surface area contributed by atoms with Gasteiger partial charge in [-0.3, -0.25) is 24.5 Å². The van der Waals surface area contributed by atoms with Gasteiger partial charge in [-0.05, 0) is 43.5 Å². The number of carbonyl (C=O) groups is 2. The standard InChI is InChI=1S/C36H39Cl2N7O5/c1-49-30-14-29(41-16-23(30)19-45-13-11-21(18-45)20-46)35(48)43-28-5-3-4-26(32(28)37)34-33(38)25(10-12-40-34)27-8-6-22(36(44-27)50-2)15-39-17-24-7-9-31(47)42-24/h3-6,8,10,12,14,16,21,24,39,46H,7,9,11,13,15,17-20H2,1-2H3,(H,42,47)(H,43,48)/t21-,24-/m1/s1. The summed E-state index contributed by atoms with van der Waals surface area (Å²) in [6, 6.07) is 12.5. The van der Waals surface area contributed by atoms with Crippen molar-refractivity contribution >= 4 is 40.7 Å². The van der Waals surface area contributed by atoms with Gasteiger partial charge < -0.3 is 30.5 Å². The van der Waals surface area contributed by atoms with Gasteiger partial charge in [-0.25, -0.2) is 4.98 Å². The molecule has 1 aromatic carbocycles. The lowest BCUT2D eigenvalue weighted by atomic mass is 10.1. The molecule has 6 rings (SSSR count). The summed E-state index contributed by atoms with van der Waals surface area (Å²) >= 11 is 13.8. The van der Waals surface area contributed by atoms with Crippen molar-refractivity contribution in [3.63, 3.8) is 0 Å². The fourth-order valence-corrected chi connectivity index (χ4v) is 6.89. The van der Waals surface area contributed by atoms with Crippen LogP contribution in [-0.4, -0.2) is 83.3 Å². The van der Waals surface area contributed by atoms with E-state index in [4.69, 9.17) is 37.7 Å². The van der Waals surface area contributed by atoms with E-state index in [9.17, 15) is 14.7 Å². The molecule has 5 heterocycles. The van der Waals surface area contributed by atoms with Gasteiger partial charge in [0.2, 0.25) is 11.8 Å². The number of methoxy groups -OCH3 is 2. The summed E-state index contributed by atoms with van der Waals surface area (Å²) in [5, 5.41) is 19.3.